The molecule has 1 aromatic rings. The first-order chi connectivity index (χ1) is 12.2. The second kappa shape index (κ2) is 7.48. The summed E-state index contributed by atoms with van der Waals surface area (Å²) < 4.78 is 24.5. The van der Waals surface area contributed by atoms with Gasteiger partial charge in [0.1, 0.15) is 5.82 Å². The summed E-state index contributed by atoms with van der Waals surface area (Å²) in [6.45, 7) is 7.89. The number of aromatic nitrogens is 3. The van der Waals surface area contributed by atoms with Gasteiger partial charge in [-0.1, -0.05) is 11.6 Å². The molecule has 2 atom stereocenters. The number of hydrogen-bond donors (Lipinski definition) is 1. The van der Waals surface area contributed by atoms with Gasteiger partial charge in [0, 0.05) is 38.5 Å². The van der Waals surface area contributed by atoms with E-state index >= 15 is 0 Å². The van der Waals surface area contributed by atoms with Crippen molar-refractivity contribution in [3.05, 3.63) is 23.3 Å². The van der Waals surface area contributed by atoms with Gasteiger partial charge in [0.2, 0.25) is 5.91 Å². The summed E-state index contributed by atoms with van der Waals surface area (Å²) in [4.78, 5) is 20.9. The van der Waals surface area contributed by atoms with E-state index < -0.39 is 9.84 Å². The number of H-pyrrole nitrogens is 1. The highest BCUT2D eigenvalue weighted by atomic mass is 32.2. The lowest BCUT2D eigenvalue weighted by molar-refractivity contribution is -0.136. The maximum Gasteiger partial charge on any atom is 0.223 e. The van der Waals surface area contributed by atoms with Gasteiger partial charge in [0.25, 0.3) is 0 Å². The fourth-order valence-electron chi connectivity index (χ4n) is 3.72. The van der Waals surface area contributed by atoms with Gasteiger partial charge >= 0.3 is 0 Å². The Hall–Kier alpha value is -1.74. The second-order valence-electron chi connectivity index (χ2n) is 7.41. The maximum atomic E-state index is 12.7. The Balaban J connectivity index is 1.68. The number of aryl methyl sites for hydroxylation is 2. The predicted octanol–water partition coefficient (Wildman–Crippen LogP) is 0.322. The Morgan fingerprint density at radius 1 is 1.27 bits per heavy atom. The Bertz CT molecular complexity index is 797. The predicted molar refractivity (Wildman–Crippen MR) is 98.4 cm³/mol. The molecule has 2 aliphatic heterocycles. The molecule has 1 aromatic heterocycles. The summed E-state index contributed by atoms with van der Waals surface area (Å²) in [5.74, 6) is 1.53. The van der Waals surface area contributed by atoms with Crippen LogP contribution in [0.1, 0.15) is 31.9 Å². The lowest BCUT2D eigenvalue weighted by atomic mass is 10.0. The molecule has 9 heteroatoms. The first kappa shape index (κ1) is 19.0. The lowest BCUT2D eigenvalue weighted by Crippen LogP contribution is -2.60. The topological polar surface area (TPSA) is 99.3 Å². The number of sulfone groups is 1. The Labute approximate surface area is 154 Å². The molecule has 0 aromatic carbocycles. The van der Waals surface area contributed by atoms with E-state index in [1.807, 2.05) is 20.8 Å². The Morgan fingerprint density at radius 2 is 2.00 bits per heavy atom. The van der Waals surface area contributed by atoms with Crippen LogP contribution in [0.2, 0.25) is 0 Å². The van der Waals surface area contributed by atoms with Gasteiger partial charge in [-0.05, 0) is 20.8 Å². The van der Waals surface area contributed by atoms with Gasteiger partial charge in [0.05, 0.1) is 17.5 Å². The molecule has 1 amide bonds. The van der Waals surface area contributed by atoms with Crippen LogP contribution in [-0.4, -0.2) is 82.5 Å². The zero-order chi connectivity index (χ0) is 18.9. The fourth-order valence-corrected chi connectivity index (χ4v) is 5.74. The van der Waals surface area contributed by atoms with E-state index in [4.69, 9.17) is 0 Å². The molecule has 0 saturated carbocycles. The molecule has 3 heterocycles. The van der Waals surface area contributed by atoms with Crippen molar-refractivity contribution in [2.45, 2.75) is 45.7 Å². The lowest BCUT2D eigenvalue weighted by Gasteiger charge is -2.43. The van der Waals surface area contributed by atoms with Crippen molar-refractivity contribution in [2.24, 2.45) is 0 Å². The molecule has 26 heavy (non-hydrogen) atoms. The van der Waals surface area contributed by atoms with Gasteiger partial charge in [0.15, 0.2) is 15.7 Å². The van der Waals surface area contributed by atoms with Gasteiger partial charge in [-0.15, -0.1) is 0 Å². The zero-order valence-electron chi connectivity index (χ0n) is 15.6. The molecule has 1 N–H and O–H groups in total. The minimum atomic E-state index is -3.12. The molecule has 2 aliphatic rings. The number of nitrogens with zero attached hydrogens (tertiary/aromatic N) is 4. The molecule has 3 rings (SSSR count). The molecule has 2 saturated heterocycles. The third-order valence-corrected chi connectivity index (χ3v) is 6.75. The van der Waals surface area contributed by atoms with Crippen LogP contribution < -0.4 is 0 Å². The van der Waals surface area contributed by atoms with E-state index in [2.05, 4.69) is 26.2 Å². The van der Waals surface area contributed by atoms with E-state index in [0.717, 1.165) is 12.4 Å². The highest BCUT2D eigenvalue weighted by molar-refractivity contribution is 7.91. The average molecular weight is 382 g/mol. The van der Waals surface area contributed by atoms with Crippen molar-refractivity contribution in [1.82, 2.24) is 25.0 Å². The highest BCUT2D eigenvalue weighted by Gasteiger charge is 2.47. The van der Waals surface area contributed by atoms with Crippen molar-refractivity contribution in [3.8, 4) is 0 Å². The third kappa shape index (κ3) is 4.32. The second-order valence-corrected chi connectivity index (χ2v) is 9.57. The third-order valence-electron chi connectivity index (χ3n) is 5.05. The SMILES string of the molecule is CC(C)=CCN1CCN(C(=O)CCc2n[nH]c(C)n2)[C@H]2CS(=O)(=O)C[C@H]21. The van der Waals surface area contributed by atoms with Crippen molar-refractivity contribution < 1.29 is 13.2 Å². The van der Waals surface area contributed by atoms with Crippen LogP contribution in [0.3, 0.4) is 0 Å². The first-order valence-electron chi connectivity index (χ1n) is 9.00. The molecule has 144 valence electrons. The number of allylic oxidation sites excluding steroid dienone is 1. The van der Waals surface area contributed by atoms with E-state index in [9.17, 15) is 13.2 Å². The van der Waals surface area contributed by atoms with E-state index in [-0.39, 0.29) is 29.5 Å². The number of aromatic amines is 1. The van der Waals surface area contributed by atoms with Crippen LogP contribution in [0, 0.1) is 6.92 Å². The van der Waals surface area contributed by atoms with E-state index in [1.54, 1.807) is 4.90 Å². The van der Waals surface area contributed by atoms with E-state index in [1.165, 1.54) is 5.57 Å². The minimum absolute atomic E-state index is 0.0126. The summed E-state index contributed by atoms with van der Waals surface area (Å²) in [6.07, 6.45) is 2.88. The number of piperazine rings is 1. The molecule has 0 radical (unpaired) electrons. The van der Waals surface area contributed by atoms with Crippen molar-refractivity contribution in [2.75, 3.05) is 31.1 Å². The van der Waals surface area contributed by atoms with Crippen LogP contribution in [0.4, 0.5) is 0 Å². The van der Waals surface area contributed by atoms with Gasteiger partial charge < -0.3 is 4.90 Å². The monoisotopic (exact) mass is 381 g/mol. The van der Waals surface area contributed by atoms with Crippen LogP contribution in [0.25, 0.3) is 0 Å². The highest BCUT2D eigenvalue weighted by Crippen LogP contribution is 2.27. The first-order valence-corrected chi connectivity index (χ1v) is 10.8. The van der Waals surface area contributed by atoms with Crippen LogP contribution in [0.15, 0.2) is 11.6 Å². The largest absolute Gasteiger partial charge is 0.336 e. The molecule has 0 spiro atoms. The summed E-state index contributed by atoms with van der Waals surface area (Å²) in [5, 5.41) is 6.83. The quantitative estimate of drug-likeness (QED) is 0.738. The summed E-state index contributed by atoms with van der Waals surface area (Å²) in [5.41, 5.74) is 1.21. The van der Waals surface area contributed by atoms with Crippen LogP contribution in [-0.2, 0) is 21.1 Å². The molecule has 2 fully saturated rings. The number of carbonyl (C=O) groups excluding carboxylic acids is 1. The van der Waals surface area contributed by atoms with Crippen LogP contribution >= 0.6 is 0 Å². The number of hydrogen-bond acceptors (Lipinski definition) is 6. The average Bonchev–Trinajstić information content (AvgIpc) is 3.11. The van der Waals surface area contributed by atoms with Crippen molar-refractivity contribution in [3.63, 3.8) is 0 Å². The summed E-state index contributed by atoms with van der Waals surface area (Å²) in [6, 6.07) is -0.361. The van der Waals surface area contributed by atoms with Gasteiger partial charge in [-0.2, -0.15) is 5.10 Å². The standard InChI is InChI=1S/C17H27N5O3S/c1-12(2)6-7-21-8-9-22(15-11-26(24,25)10-14(15)21)17(23)5-4-16-18-13(3)19-20-16/h6,14-15H,4-5,7-11H2,1-3H3,(H,18,19,20)/t14-,15+/m1/s1. The van der Waals surface area contributed by atoms with Crippen molar-refractivity contribution in [1.29, 1.82) is 0 Å². The number of amides is 1. The number of nitrogens with one attached hydrogen (secondary N) is 1. The number of rotatable bonds is 5. The molecule has 8 nitrogen and oxygen atoms in total. The summed E-state index contributed by atoms with van der Waals surface area (Å²) in [7, 11) is -3.12. The number of carbonyl (C=O) groups is 1. The molecule has 0 aliphatic carbocycles. The van der Waals surface area contributed by atoms with Crippen LogP contribution in [0.5, 0.6) is 0 Å². The smallest absolute Gasteiger partial charge is 0.223 e. The Kier molecular flexibility index (Phi) is 5.47. The molecular formula is C17H27N5O3S. The minimum Gasteiger partial charge on any atom is -0.336 e. The zero-order valence-corrected chi connectivity index (χ0v) is 16.4. The number of fused-ring (bicyclic) bond motifs is 1. The van der Waals surface area contributed by atoms with Gasteiger partial charge in [-0.3, -0.25) is 14.8 Å². The van der Waals surface area contributed by atoms with Crippen molar-refractivity contribution >= 4 is 15.7 Å². The fraction of sp³-hybridized carbons (Fsp3) is 0.706. The maximum absolute atomic E-state index is 12.7. The molecular weight excluding hydrogens is 354 g/mol. The molecule has 0 bridgehead atoms. The normalized spacial score (nSPS) is 25.1. The van der Waals surface area contributed by atoms with E-state index in [0.29, 0.717) is 31.8 Å². The Morgan fingerprint density at radius 3 is 2.65 bits per heavy atom. The van der Waals surface area contributed by atoms with Gasteiger partial charge in [-0.25, -0.2) is 13.4 Å². The summed E-state index contributed by atoms with van der Waals surface area (Å²) >= 11 is 0. The molecule has 0 unspecified atom stereocenters.